The second-order valence-corrected chi connectivity index (χ2v) is 5.96. The molecule has 1 aromatic heterocycles. The van der Waals surface area contributed by atoms with Crippen LogP contribution in [0.3, 0.4) is 0 Å². The average molecular weight is 310 g/mol. The molecule has 2 atom stereocenters. The Balaban J connectivity index is 1.72. The van der Waals surface area contributed by atoms with Gasteiger partial charge in [-0.3, -0.25) is 9.78 Å². The van der Waals surface area contributed by atoms with E-state index in [1.165, 1.54) is 0 Å². The molecule has 2 aliphatic rings. The Morgan fingerprint density at radius 2 is 2.39 bits per heavy atom. The molecule has 4 nitrogen and oxygen atoms in total. The van der Waals surface area contributed by atoms with E-state index in [0.717, 1.165) is 36.0 Å². The van der Waals surface area contributed by atoms with Gasteiger partial charge in [-0.15, -0.1) is 0 Å². The second kappa shape index (κ2) is 4.97. The van der Waals surface area contributed by atoms with Crippen molar-refractivity contribution in [3.05, 3.63) is 28.5 Å². The highest BCUT2D eigenvalue weighted by Gasteiger charge is 2.41. The van der Waals surface area contributed by atoms with Crippen molar-refractivity contribution in [2.24, 2.45) is 5.92 Å². The first kappa shape index (κ1) is 12.1. The summed E-state index contributed by atoms with van der Waals surface area (Å²) < 4.78 is 0.960. The van der Waals surface area contributed by atoms with Gasteiger partial charge in [-0.1, -0.05) is 0 Å². The van der Waals surface area contributed by atoms with E-state index in [0.29, 0.717) is 18.5 Å². The zero-order chi connectivity index (χ0) is 12.5. The van der Waals surface area contributed by atoms with Crippen molar-refractivity contribution in [1.29, 1.82) is 0 Å². The maximum atomic E-state index is 12.3. The van der Waals surface area contributed by atoms with Crippen LogP contribution in [0, 0.1) is 5.92 Å². The van der Waals surface area contributed by atoms with E-state index >= 15 is 0 Å². The van der Waals surface area contributed by atoms with Gasteiger partial charge in [0.1, 0.15) is 0 Å². The normalized spacial score (nSPS) is 27.4. The van der Waals surface area contributed by atoms with Crippen LogP contribution in [0.15, 0.2) is 22.9 Å². The van der Waals surface area contributed by atoms with Crippen LogP contribution < -0.4 is 5.32 Å². The fraction of sp³-hybridized carbons (Fsp3) is 0.538. The molecule has 0 spiro atoms. The van der Waals surface area contributed by atoms with Crippen LogP contribution >= 0.6 is 15.9 Å². The van der Waals surface area contributed by atoms with Gasteiger partial charge in [0.2, 0.25) is 5.91 Å². The first-order chi connectivity index (χ1) is 8.74. The minimum atomic E-state index is 0.193. The second-order valence-electron chi connectivity index (χ2n) is 5.04. The molecule has 0 saturated carbocycles. The number of hydrogen-bond donors (Lipinski definition) is 1. The predicted molar refractivity (Wildman–Crippen MR) is 71.9 cm³/mol. The van der Waals surface area contributed by atoms with Crippen LogP contribution in [0.2, 0.25) is 0 Å². The molecule has 0 radical (unpaired) electrons. The Hall–Kier alpha value is -0.940. The summed E-state index contributed by atoms with van der Waals surface area (Å²) in [4.78, 5) is 18.4. The molecule has 2 saturated heterocycles. The first-order valence-corrected chi connectivity index (χ1v) is 7.15. The van der Waals surface area contributed by atoms with E-state index in [1.807, 2.05) is 17.2 Å². The molecule has 1 N–H and O–H groups in total. The maximum absolute atomic E-state index is 12.3. The van der Waals surface area contributed by atoms with Crippen molar-refractivity contribution < 1.29 is 4.79 Å². The number of nitrogens with zero attached hydrogens (tertiary/aromatic N) is 2. The fourth-order valence-electron chi connectivity index (χ4n) is 2.91. The van der Waals surface area contributed by atoms with Crippen LogP contribution in [0.5, 0.6) is 0 Å². The fourth-order valence-corrected chi connectivity index (χ4v) is 3.32. The molecule has 18 heavy (non-hydrogen) atoms. The molecule has 2 fully saturated rings. The molecule has 0 aromatic carbocycles. The molecule has 2 aliphatic heterocycles. The number of likely N-dealkylation sites (tertiary alicyclic amines) is 1. The van der Waals surface area contributed by atoms with Gasteiger partial charge in [-0.2, -0.15) is 0 Å². The van der Waals surface area contributed by atoms with Crippen LogP contribution in [0.25, 0.3) is 0 Å². The van der Waals surface area contributed by atoms with Gasteiger partial charge in [-0.05, 0) is 46.9 Å². The highest BCUT2D eigenvalue weighted by molar-refractivity contribution is 9.10. The number of hydrogen-bond acceptors (Lipinski definition) is 3. The van der Waals surface area contributed by atoms with Gasteiger partial charge >= 0.3 is 0 Å². The summed E-state index contributed by atoms with van der Waals surface area (Å²) in [6, 6.07) is 2.38. The third-order valence-corrected chi connectivity index (χ3v) is 4.20. The predicted octanol–water partition coefficient (Wildman–Crippen LogP) is 1.55. The average Bonchev–Trinajstić information content (AvgIpc) is 2.67. The number of rotatable bonds is 2. The number of amides is 1. The van der Waals surface area contributed by atoms with Gasteiger partial charge in [0, 0.05) is 36.0 Å². The largest absolute Gasteiger partial charge is 0.336 e. The monoisotopic (exact) mass is 309 g/mol. The SMILES string of the molecule is O=C1C2CCCNC2CN1Cc1cncc(Br)c1. The Labute approximate surface area is 115 Å². The third-order valence-electron chi connectivity index (χ3n) is 3.77. The molecule has 1 amide bonds. The maximum Gasteiger partial charge on any atom is 0.227 e. The molecule has 96 valence electrons. The quantitative estimate of drug-likeness (QED) is 0.901. The zero-order valence-electron chi connectivity index (χ0n) is 10.1. The Bertz CT molecular complexity index is 465. The minimum Gasteiger partial charge on any atom is -0.336 e. The van der Waals surface area contributed by atoms with Gasteiger partial charge in [0.05, 0.1) is 5.92 Å². The van der Waals surface area contributed by atoms with Crippen molar-refractivity contribution in [2.75, 3.05) is 13.1 Å². The van der Waals surface area contributed by atoms with Gasteiger partial charge in [-0.25, -0.2) is 0 Å². The van der Waals surface area contributed by atoms with Crippen LogP contribution in [-0.2, 0) is 11.3 Å². The number of carbonyl (C=O) groups is 1. The smallest absolute Gasteiger partial charge is 0.227 e. The molecule has 2 unspecified atom stereocenters. The summed E-state index contributed by atoms with van der Waals surface area (Å²) in [7, 11) is 0. The minimum absolute atomic E-state index is 0.193. The van der Waals surface area contributed by atoms with E-state index < -0.39 is 0 Å². The van der Waals surface area contributed by atoms with E-state index in [1.54, 1.807) is 6.20 Å². The lowest BCUT2D eigenvalue weighted by Crippen LogP contribution is -2.41. The van der Waals surface area contributed by atoms with Crippen LogP contribution in [0.4, 0.5) is 0 Å². The van der Waals surface area contributed by atoms with E-state index in [2.05, 4.69) is 26.2 Å². The number of nitrogens with one attached hydrogen (secondary N) is 1. The molecule has 0 aliphatic carbocycles. The number of pyridine rings is 1. The molecular weight excluding hydrogens is 294 g/mol. The summed E-state index contributed by atoms with van der Waals surface area (Å²) in [5, 5.41) is 3.45. The van der Waals surface area contributed by atoms with E-state index in [-0.39, 0.29) is 5.92 Å². The van der Waals surface area contributed by atoms with Gasteiger partial charge in [0.15, 0.2) is 0 Å². The number of halogens is 1. The van der Waals surface area contributed by atoms with Crippen molar-refractivity contribution >= 4 is 21.8 Å². The summed E-state index contributed by atoms with van der Waals surface area (Å²) >= 11 is 3.41. The van der Waals surface area contributed by atoms with E-state index in [9.17, 15) is 4.79 Å². The highest BCUT2D eigenvalue weighted by Crippen LogP contribution is 2.27. The molecule has 3 heterocycles. The van der Waals surface area contributed by atoms with Crippen molar-refractivity contribution in [2.45, 2.75) is 25.4 Å². The Morgan fingerprint density at radius 3 is 3.17 bits per heavy atom. The zero-order valence-corrected chi connectivity index (χ0v) is 11.7. The lowest BCUT2D eigenvalue weighted by atomic mass is 9.94. The van der Waals surface area contributed by atoms with Crippen molar-refractivity contribution in [3.63, 3.8) is 0 Å². The molecule has 1 aromatic rings. The third kappa shape index (κ3) is 2.29. The molecule has 3 rings (SSSR count). The topological polar surface area (TPSA) is 45.2 Å². The lowest BCUT2D eigenvalue weighted by Gasteiger charge is -2.23. The number of piperidine rings is 1. The van der Waals surface area contributed by atoms with Crippen molar-refractivity contribution in [3.8, 4) is 0 Å². The summed E-state index contributed by atoms with van der Waals surface area (Å²) in [5.41, 5.74) is 1.08. The van der Waals surface area contributed by atoms with Gasteiger partial charge < -0.3 is 10.2 Å². The van der Waals surface area contributed by atoms with E-state index in [4.69, 9.17) is 0 Å². The highest BCUT2D eigenvalue weighted by atomic mass is 79.9. The van der Waals surface area contributed by atoms with Crippen LogP contribution in [-0.4, -0.2) is 34.9 Å². The standard InChI is InChI=1S/C13H16BrN3O/c14-10-4-9(5-15-6-10)7-17-8-12-11(13(17)18)2-1-3-16-12/h4-6,11-12,16H,1-3,7-8H2. The lowest BCUT2D eigenvalue weighted by molar-refractivity contribution is -0.131. The van der Waals surface area contributed by atoms with Gasteiger partial charge in [0.25, 0.3) is 0 Å². The number of carbonyl (C=O) groups excluding carboxylic acids is 1. The summed E-state index contributed by atoms with van der Waals surface area (Å²) in [6.07, 6.45) is 5.73. The number of aromatic nitrogens is 1. The summed E-state index contributed by atoms with van der Waals surface area (Å²) in [6.45, 7) is 2.54. The summed E-state index contributed by atoms with van der Waals surface area (Å²) in [5.74, 6) is 0.492. The molecular formula is C13H16BrN3O. The number of fused-ring (bicyclic) bond motifs is 1. The van der Waals surface area contributed by atoms with Crippen LogP contribution in [0.1, 0.15) is 18.4 Å². The Morgan fingerprint density at radius 1 is 1.50 bits per heavy atom. The first-order valence-electron chi connectivity index (χ1n) is 6.35. The Kier molecular flexibility index (Phi) is 3.35. The molecule has 5 heteroatoms. The molecule has 0 bridgehead atoms. The van der Waals surface area contributed by atoms with Crippen molar-refractivity contribution in [1.82, 2.24) is 15.2 Å².